The van der Waals surface area contributed by atoms with Crippen LogP contribution in [0, 0.1) is 0 Å². The Morgan fingerprint density at radius 2 is 2.25 bits per heavy atom. The number of hydrogen-bond acceptors (Lipinski definition) is 2. The minimum atomic E-state index is -0.914. The second-order valence-electron chi connectivity index (χ2n) is 2.46. The highest BCUT2D eigenvalue weighted by molar-refractivity contribution is 5.93. The van der Waals surface area contributed by atoms with E-state index in [1.165, 1.54) is 11.0 Å². The number of carbonyl (C=O) groups excluding carboxylic acids is 1. The Hall–Kier alpha value is -1.58. The third-order valence-corrected chi connectivity index (χ3v) is 1.58. The fourth-order valence-electron chi connectivity index (χ4n) is 0.950. The first-order valence-corrected chi connectivity index (χ1v) is 3.51. The van der Waals surface area contributed by atoms with Crippen LogP contribution in [0.3, 0.4) is 0 Å². The Morgan fingerprint density at radius 3 is 2.67 bits per heavy atom. The van der Waals surface area contributed by atoms with E-state index in [1.807, 2.05) is 0 Å². The minimum Gasteiger partial charge on any atom is -0.481 e. The van der Waals surface area contributed by atoms with Crippen molar-refractivity contribution >= 4 is 11.9 Å². The predicted molar refractivity (Wildman–Crippen MR) is 42.2 cm³/mol. The maximum atomic E-state index is 11.0. The van der Waals surface area contributed by atoms with Crippen LogP contribution in [-0.2, 0) is 9.59 Å². The van der Waals surface area contributed by atoms with Crippen LogP contribution >= 0.6 is 0 Å². The zero-order valence-corrected chi connectivity index (χ0v) is 6.49. The van der Waals surface area contributed by atoms with Crippen molar-refractivity contribution in [2.24, 2.45) is 0 Å². The van der Waals surface area contributed by atoms with Gasteiger partial charge in [-0.2, -0.15) is 0 Å². The summed E-state index contributed by atoms with van der Waals surface area (Å²) in [6, 6.07) is 0. The molecule has 0 saturated carbocycles. The molecule has 4 heteroatoms. The number of rotatable bonds is 3. The van der Waals surface area contributed by atoms with Gasteiger partial charge in [-0.05, 0) is 6.08 Å². The Bertz CT molecular complexity index is 249. The van der Waals surface area contributed by atoms with E-state index in [1.54, 1.807) is 6.08 Å². The lowest BCUT2D eigenvalue weighted by molar-refractivity contribution is -0.137. The Labute approximate surface area is 69.8 Å². The van der Waals surface area contributed by atoms with Gasteiger partial charge in [-0.15, -0.1) is 0 Å². The first-order valence-electron chi connectivity index (χ1n) is 3.51. The molecule has 1 amide bonds. The first kappa shape index (κ1) is 8.52. The summed E-state index contributed by atoms with van der Waals surface area (Å²) < 4.78 is 0. The summed E-state index contributed by atoms with van der Waals surface area (Å²) in [5, 5.41) is 8.36. The number of allylic oxidation sites excluding steroid dienone is 1. The molecule has 1 aliphatic heterocycles. The Balaban J connectivity index is 2.48. The predicted octanol–water partition coefficient (Wildman–Crippen LogP) is 0.373. The van der Waals surface area contributed by atoms with E-state index in [0.29, 0.717) is 5.70 Å². The van der Waals surface area contributed by atoms with E-state index in [0.717, 1.165) is 0 Å². The summed E-state index contributed by atoms with van der Waals surface area (Å²) in [4.78, 5) is 22.5. The molecule has 0 aromatic carbocycles. The molecule has 4 nitrogen and oxygen atoms in total. The highest BCUT2D eigenvalue weighted by Crippen LogP contribution is 2.12. The fraction of sp³-hybridized carbons (Fsp3) is 0.250. The van der Waals surface area contributed by atoms with Gasteiger partial charge in [0.15, 0.2) is 0 Å². The third kappa shape index (κ3) is 1.72. The van der Waals surface area contributed by atoms with Crippen LogP contribution in [0.5, 0.6) is 0 Å². The van der Waals surface area contributed by atoms with Crippen molar-refractivity contribution in [3.63, 3.8) is 0 Å². The molecule has 0 saturated heterocycles. The van der Waals surface area contributed by atoms with Crippen molar-refractivity contribution in [2.45, 2.75) is 6.42 Å². The highest BCUT2D eigenvalue weighted by Gasteiger charge is 2.18. The van der Waals surface area contributed by atoms with Crippen molar-refractivity contribution in [1.82, 2.24) is 4.90 Å². The minimum absolute atomic E-state index is 0.0492. The van der Waals surface area contributed by atoms with Crippen LogP contribution in [0.2, 0.25) is 0 Å². The quantitative estimate of drug-likeness (QED) is 0.660. The summed E-state index contributed by atoms with van der Waals surface area (Å²) >= 11 is 0. The van der Waals surface area contributed by atoms with Crippen LogP contribution < -0.4 is 0 Å². The van der Waals surface area contributed by atoms with Crippen molar-refractivity contribution in [2.75, 3.05) is 6.54 Å². The fourth-order valence-corrected chi connectivity index (χ4v) is 0.950. The summed E-state index contributed by atoms with van der Waals surface area (Å²) in [5.74, 6) is -1.11. The second kappa shape index (κ2) is 3.21. The summed E-state index contributed by atoms with van der Waals surface area (Å²) in [7, 11) is 0. The van der Waals surface area contributed by atoms with Gasteiger partial charge in [0, 0.05) is 18.3 Å². The normalized spacial score (nSPS) is 15.8. The average Bonchev–Trinajstić information content (AvgIpc) is 2.28. The molecule has 1 aliphatic rings. The van der Waals surface area contributed by atoms with E-state index in [9.17, 15) is 9.59 Å². The van der Waals surface area contributed by atoms with Gasteiger partial charge in [0.05, 0.1) is 6.42 Å². The molecule has 1 heterocycles. The van der Waals surface area contributed by atoms with Gasteiger partial charge in [0.25, 0.3) is 5.91 Å². The van der Waals surface area contributed by atoms with Gasteiger partial charge in [-0.25, -0.2) is 0 Å². The van der Waals surface area contributed by atoms with Crippen LogP contribution in [0.25, 0.3) is 0 Å². The molecule has 0 atom stereocenters. The number of carbonyl (C=O) groups is 2. The molecule has 1 N–H and O–H groups in total. The maximum Gasteiger partial charge on any atom is 0.305 e. The van der Waals surface area contributed by atoms with Crippen LogP contribution in [-0.4, -0.2) is 28.4 Å². The summed E-state index contributed by atoms with van der Waals surface area (Å²) in [5.41, 5.74) is 0.557. The Kier molecular flexibility index (Phi) is 2.28. The van der Waals surface area contributed by atoms with Gasteiger partial charge >= 0.3 is 5.97 Å². The molecule has 0 spiro atoms. The molecule has 0 aromatic heterocycles. The lowest BCUT2D eigenvalue weighted by Crippen LogP contribution is -2.26. The number of aliphatic carboxylic acids is 1. The van der Waals surface area contributed by atoms with E-state index in [2.05, 4.69) is 6.58 Å². The van der Waals surface area contributed by atoms with Crippen molar-refractivity contribution in [3.05, 3.63) is 24.4 Å². The molecule has 0 fully saturated rings. The standard InChI is InChI=1S/C8H9NO3/c1-6-2-3-7(10)9(6)5-4-8(11)12/h2-3H,1,4-5H2,(H,11,12). The van der Waals surface area contributed by atoms with E-state index in [4.69, 9.17) is 5.11 Å². The van der Waals surface area contributed by atoms with Crippen LogP contribution in [0.15, 0.2) is 24.4 Å². The van der Waals surface area contributed by atoms with Crippen molar-refractivity contribution < 1.29 is 14.7 Å². The molecule has 0 radical (unpaired) electrons. The lowest BCUT2D eigenvalue weighted by Gasteiger charge is -2.15. The molecule has 12 heavy (non-hydrogen) atoms. The molecule has 0 bridgehead atoms. The third-order valence-electron chi connectivity index (χ3n) is 1.58. The summed E-state index contributed by atoms with van der Waals surface area (Å²) in [6.07, 6.45) is 2.90. The van der Waals surface area contributed by atoms with E-state index < -0.39 is 5.97 Å². The van der Waals surface area contributed by atoms with Gasteiger partial charge < -0.3 is 10.0 Å². The van der Waals surface area contributed by atoms with Crippen LogP contribution in [0.4, 0.5) is 0 Å². The summed E-state index contributed by atoms with van der Waals surface area (Å²) in [6.45, 7) is 3.78. The number of nitrogens with zero attached hydrogens (tertiary/aromatic N) is 1. The highest BCUT2D eigenvalue weighted by atomic mass is 16.4. The largest absolute Gasteiger partial charge is 0.481 e. The van der Waals surface area contributed by atoms with Gasteiger partial charge in [0.1, 0.15) is 0 Å². The smallest absolute Gasteiger partial charge is 0.305 e. The maximum absolute atomic E-state index is 11.0. The number of carboxylic acids is 1. The van der Waals surface area contributed by atoms with Crippen molar-refractivity contribution in [1.29, 1.82) is 0 Å². The number of hydrogen-bond donors (Lipinski definition) is 1. The molecule has 1 rings (SSSR count). The topological polar surface area (TPSA) is 57.6 Å². The first-order chi connectivity index (χ1) is 5.61. The molecule has 64 valence electrons. The molecular weight excluding hydrogens is 158 g/mol. The zero-order valence-electron chi connectivity index (χ0n) is 6.49. The molecular formula is C8H9NO3. The van der Waals surface area contributed by atoms with E-state index >= 15 is 0 Å². The van der Waals surface area contributed by atoms with Crippen molar-refractivity contribution in [3.8, 4) is 0 Å². The molecule has 0 aromatic rings. The van der Waals surface area contributed by atoms with Crippen LogP contribution in [0.1, 0.15) is 6.42 Å². The number of carboxylic acid groups (broad SMARTS) is 1. The molecule has 0 unspecified atom stereocenters. The van der Waals surface area contributed by atoms with Gasteiger partial charge in [-0.3, -0.25) is 9.59 Å². The lowest BCUT2D eigenvalue weighted by atomic mass is 10.4. The monoisotopic (exact) mass is 167 g/mol. The molecule has 0 aliphatic carbocycles. The zero-order chi connectivity index (χ0) is 9.14. The average molecular weight is 167 g/mol. The Morgan fingerprint density at radius 1 is 1.58 bits per heavy atom. The number of amides is 1. The van der Waals surface area contributed by atoms with E-state index in [-0.39, 0.29) is 18.9 Å². The van der Waals surface area contributed by atoms with Gasteiger partial charge in [-0.1, -0.05) is 6.58 Å². The van der Waals surface area contributed by atoms with Gasteiger partial charge in [0.2, 0.25) is 0 Å². The second-order valence-corrected chi connectivity index (χ2v) is 2.46. The SMILES string of the molecule is C=C1C=CC(=O)N1CCC(=O)O.